The zero-order chi connectivity index (χ0) is 18.0. The molecule has 1 aliphatic heterocycles. The lowest BCUT2D eigenvalue weighted by atomic mass is 10.0. The predicted molar refractivity (Wildman–Crippen MR) is 105 cm³/mol. The number of carbonyl (C=O) groups is 1. The highest BCUT2D eigenvalue weighted by Gasteiger charge is 2.18. The van der Waals surface area contributed by atoms with Gasteiger partial charge in [0, 0.05) is 30.1 Å². The van der Waals surface area contributed by atoms with Crippen LogP contribution in [0.1, 0.15) is 49.0 Å². The van der Waals surface area contributed by atoms with Gasteiger partial charge in [-0.15, -0.1) is 12.4 Å². The molecule has 2 heterocycles. The standard InChI is InChI=1S/C20H25NO4.ClH/c1-13-10-20(23)25-19-12-18(17(15(3)22)11-16(13)19)24-9-8-21-7-5-4-6-14(21)2;/h10-12,14H,4-9H2,1-3H3;1H. The smallest absolute Gasteiger partial charge is 0.336 e. The minimum absolute atomic E-state index is 0. The second-order valence-electron chi connectivity index (χ2n) is 6.88. The lowest BCUT2D eigenvalue weighted by molar-refractivity contribution is 0.101. The first-order valence-corrected chi connectivity index (χ1v) is 8.92. The third-order valence-corrected chi connectivity index (χ3v) is 5.01. The van der Waals surface area contributed by atoms with Crippen LogP contribution in [0.25, 0.3) is 11.0 Å². The van der Waals surface area contributed by atoms with Crippen molar-refractivity contribution in [2.24, 2.45) is 0 Å². The number of carbonyl (C=O) groups excluding carboxylic acids is 1. The summed E-state index contributed by atoms with van der Waals surface area (Å²) in [5.74, 6) is 0.423. The highest BCUT2D eigenvalue weighted by molar-refractivity contribution is 6.01. The molecular formula is C20H26ClNO4. The van der Waals surface area contributed by atoms with Gasteiger partial charge in [-0.3, -0.25) is 9.69 Å². The molecule has 1 aromatic heterocycles. The van der Waals surface area contributed by atoms with E-state index in [4.69, 9.17) is 9.15 Å². The molecular weight excluding hydrogens is 354 g/mol. The molecule has 0 bridgehead atoms. The quantitative estimate of drug-likeness (QED) is 0.581. The third-order valence-electron chi connectivity index (χ3n) is 5.01. The maximum absolute atomic E-state index is 12.0. The van der Waals surface area contributed by atoms with Crippen molar-refractivity contribution in [3.8, 4) is 5.75 Å². The first-order chi connectivity index (χ1) is 12.0. The van der Waals surface area contributed by atoms with E-state index in [1.807, 2.05) is 6.92 Å². The maximum atomic E-state index is 12.0. The van der Waals surface area contributed by atoms with E-state index >= 15 is 0 Å². The Balaban J connectivity index is 0.00000243. The van der Waals surface area contributed by atoms with Crippen molar-refractivity contribution >= 4 is 29.2 Å². The van der Waals surface area contributed by atoms with E-state index in [9.17, 15) is 9.59 Å². The molecule has 3 rings (SSSR count). The number of Topliss-reactive ketones (excluding diaryl/α,β-unsaturated/α-hetero) is 1. The lowest BCUT2D eigenvalue weighted by Gasteiger charge is -2.33. The summed E-state index contributed by atoms with van der Waals surface area (Å²) in [7, 11) is 0. The fourth-order valence-electron chi connectivity index (χ4n) is 3.50. The number of aryl methyl sites for hydroxylation is 1. The van der Waals surface area contributed by atoms with Crippen LogP contribution in [0, 0.1) is 6.92 Å². The number of rotatable bonds is 5. The summed E-state index contributed by atoms with van der Waals surface area (Å²) < 4.78 is 11.2. The molecule has 5 nitrogen and oxygen atoms in total. The number of ketones is 1. The van der Waals surface area contributed by atoms with Gasteiger partial charge in [0.2, 0.25) is 0 Å². The fourth-order valence-corrected chi connectivity index (χ4v) is 3.50. The van der Waals surface area contributed by atoms with Crippen molar-refractivity contribution in [3.05, 3.63) is 39.7 Å². The number of benzene rings is 1. The first kappa shape index (κ1) is 20.5. The number of likely N-dealkylation sites (tertiary alicyclic amines) is 1. The van der Waals surface area contributed by atoms with Gasteiger partial charge in [-0.05, 0) is 51.8 Å². The third kappa shape index (κ3) is 4.46. The molecule has 2 aromatic rings. The molecule has 1 unspecified atom stereocenters. The summed E-state index contributed by atoms with van der Waals surface area (Å²) in [4.78, 5) is 26.1. The van der Waals surface area contributed by atoms with E-state index in [2.05, 4.69) is 11.8 Å². The highest BCUT2D eigenvalue weighted by Crippen LogP contribution is 2.28. The van der Waals surface area contributed by atoms with Gasteiger partial charge in [0.15, 0.2) is 5.78 Å². The van der Waals surface area contributed by atoms with Crippen LogP contribution in [0.15, 0.2) is 27.4 Å². The second kappa shape index (κ2) is 8.69. The van der Waals surface area contributed by atoms with Crippen LogP contribution < -0.4 is 10.4 Å². The van der Waals surface area contributed by atoms with Gasteiger partial charge in [-0.2, -0.15) is 0 Å². The highest BCUT2D eigenvalue weighted by atomic mass is 35.5. The Morgan fingerprint density at radius 3 is 2.77 bits per heavy atom. The van der Waals surface area contributed by atoms with Crippen molar-refractivity contribution in [2.75, 3.05) is 19.7 Å². The van der Waals surface area contributed by atoms with E-state index in [1.165, 1.54) is 32.3 Å². The lowest BCUT2D eigenvalue weighted by Crippen LogP contribution is -2.39. The largest absolute Gasteiger partial charge is 0.491 e. The monoisotopic (exact) mass is 379 g/mol. The molecule has 0 amide bonds. The molecule has 0 spiro atoms. The molecule has 1 saturated heterocycles. The van der Waals surface area contributed by atoms with E-state index in [0.29, 0.717) is 29.5 Å². The number of nitrogens with zero attached hydrogens (tertiary/aromatic N) is 1. The molecule has 1 aliphatic rings. The molecule has 142 valence electrons. The van der Waals surface area contributed by atoms with Crippen LogP contribution in [0.5, 0.6) is 5.75 Å². The van der Waals surface area contributed by atoms with Crippen molar-refractivity contribution < 1.29 is 13.9 Å². The van der Waals surface area contributed by atoms with Crippen LogP contribution in [-0.4, -0.2) is 36.4 Å². The van der Waals surface area contributed by atoms with Gasteiger partial charge in [0.25, 0.3) is 0 Å². The Morgan fingerprint density at radius 2 is 2.08 bits per heavy atom. The SMILES string of the molecule is CC(=O)c1cc2c(C)cc(=O)oc2cc1OCCN1CCCCC1C.Cl. The molecule has 1 aromatic carbocycles. The number of fused-ring (bicyclic) bond motifs is 1. The summed E-state index contributed by atoms with van der Waals surface area (Å²) in [6.07, 6.45) is 3.73. The number of ether oxygens (including phenoxy) is 1. The topological polar surface area (TPSA) is 59.8 Å². The molecule has 0 saturated carbocycles. The van der Waals surface area contributed by atoms with Gasteiger partial charge in [0.1, 0.15) is 17.9 Å². The molecule has 0 aliphatic carbocycles. The van der Waals surface area contributed by atoms with Gasteiger partial charge in [0.05, 0.1) is 5.56 Å². The van der Waals surface area contributed by atoms with E-state index in [1.54, 1.807) is 12.1 Å². The first-order valence-electron chi connectivity index (χ1n) is 8.92. The molecule has 26 heavy (non-hydrogen) atoms. The second-order valence-corrected chi connectivity index (χ2v) is 6.88. The summed E-state index contributed by atoms with van der Waals surface area (Å²) >= 11 is 0. The number of hydrogen-bond donors (Lipinski definition) is 0. The minimum Gasteiger partial charge on any atom is -0.491 e. The Morgan fingerprint density at radius 1 is 1.31 bits per heavy atom. The van der Waals surface area contributed by atoms with Crippen molar-refractivity contribution in [2.45, 2.75) is 46.1 Å². The number of hydrogen-bond acceptors (Lipinski definition) is 5. The van der Waals surface area contributed by atoms with Gasteiger partial charge in [-0.25, -0.2) is 4.79 Å². The van der Waals surface area contributed by atoms with Gasteiger partial charge >= 0.3 is 5.63 Å². The van der Waals surface area contributed by atoms with E-state index in [0.717, 1.165) is 24.0 Å². The normalized spacial score (nSPS) is 17.7. The van der Waals surface area contributed by atoms with Crippen LogP contribution in [0.2, 0.25) is 0 Å². The Labute approximate surface area is 159 Å². The summed E-state index contributed by atoms with van der Waals surface area (Å²) in [5.41, 5.74) is 1.38. The molecule has 0 N–H and O–H groups in total. The van der Waals surface area contributed by atoms with E-state index in [-0.39, 0.29) is 18.2 Å². The fraction of sp³-hybridized carbons (Fsp3) is 0.500. The summed E-state index contributed by atoms with van der Waals surface area (Å²) in [6, 6.07) is 5.43. The Kier molecular flexibility index (Phi) is 6.84. The van der Waals surface area contributed by atoms with Crippen LogP contribution in [-0.2, 0) is 0 Å². The van der Waals surface area contributed by atoms with Crippen LogP contribution in [0.4, 0.5) is 0 Å². The molecule has 1 atom stereocenters. The number of halogens is 1. The zero-order valence-electron chi connectivity index (χ0n) is 15.5. The van der Waals surface area contributed by atoms with Crippen molar-refractivity contribution in [3.63, 3.8) is 0 Å². The van der Waals surface area contributed by atoms with Crippen molar-refractivity contribution in [1.29, 1.82) is 0 Å². The summed E-state index contributed by atoms with van der Waals surface area (Å²) in [6.45, 7) is 8.03. The van der Waals surface area contributed by atoms with Crippen LogP contribution in [0.3, 0.4) is 0 Å². The zero-order valence-corrected chi connectivity index (χ0v) is 16.4. The van der Waals surface area contributed by atoms with Gasteiger partial charge < -0.3 is 9.15 Å². The Bertz CT molecular complexity index is 846. The number of piperidine rings is 1. The predicted octanol–water partition coefficient (Wildman–Crippen LogP) is 3.98. The Hall–Kier alpha value is -1.85. The average molecular weight is 380 g/mol. The molecule has 1 fully saturated rings. The maximum Gasteiger partial charge on any atom is 0.336 e. The van der Waals surface area contributed by atoms with Crippen LogP contribution >= 0.6 is 12.4 Å². The van der Waals surface area contributed by atoms with Gasteiger partial charge in [-0.1, -0.05) is 6.42 Å². The average Bonchev–Trinajstić information content (AvgIpc) is 2.55. The van der Waals surface area contributed by atoms with E-state index < -0.39 is 5.63 Å². The van der Waals surface area contributed by atoms with Crippen molar-refractivity contribution in [1.82, 2.24) is 4.90 Å². The molecule has 0 radical (unpaired) electrons. The molecule has 6 heteroatoms. The summed E-state index contributed by atoms with van der Waals surface area (Å²) in [5, 5.41) is 0.766. The minimum atomic E-state index is -0.395.